The number of rotatable bonds is 5. The predicted octanol–water partition coefficient (Wildman–Crippen LogP) is 1.45. The van der Waals surface area contributed by atoms with Gasteiger partial charge in [-0.25, -0.2) is 0 Å². The van der Waals surface area contributed by atoms with Gasteiger partial charge in [0.2, 0.25) is 0 Å². The molecule has 5 heteroatoms. The van der Waals surface area contributed by atoms with Crippen LogP contribution in [-0.2, 0) is 17.8 Å². The first kappa shape index (κ1) is 14.4. The molecule has 1 rings (SSSR count). The predicted molar refractivity (Wildman–Crippen MR) is 72.6 cm³/mol. The minimum atomic E-state index is -0.757. The summed E-state index contributed by atoms with van der Waals surface area (Å²) in [4.78, 5) is 0. The smallest absolute Gasteiger partial charge is 0.0644 e. The zero-order chi connectivity index (χ0) is 13.2. The fourth-order valence-corrected chi connectivity index (χ4v) is 3.13. The lowest BCUT2D eigenvalue weighted by molar-refractivity contribution is 0.504. The molecule has 0 fully saturated rings. The normalized spacial score (nSPS) is 16.8. The molecule has 3 unspecified atom stereocenters. The quantitative estimate of drug-likeness (QED) is 0.868. The van der Waals surface area contributed by atoms with Gasteiger partial charge in [0.25, 0.3) is 0 Å². The molecule has 3 atom stereocenters. The summed E-state index contributed by atoms with van der Waals surface area (Å²) in [5.41, 5.74) is 3.50. The van der Waals surface area contributed by atoms with Gasteiger partial charge < -0.3 is 5.32 Å². The highest BCUT2D eigenvalue weighted by molar-refractivity contribution is 7.84. The number of hydrogen-bond donors (Lipinski definition) is 1. The Morgan fingerprint density at radius 2 is 2.00 bits per heavy atom. The zero-order valence-corrected chi connectivity index (χ0v) is 12.4. The van der Waals surface area contributed by atoms with Crippen LogP contribution in [0.25, 0.3) is 0 Å². The van der Waals surface area contributed by atoms with Crippen LogP contribution in [-0.4, -0.2) is 32.0 Å². The SMILES string of the molecule is Cc1nn(C)c(C)c1C(C)NC(C)CS(C)=O. The van der Waals surface area contributed by atoms with Gasteiger partial charge in [-0.05, 0) is 27.7 Å². The van der Waals surface area contributed by atoms with Crippen molar-refractivity contribution in [3.8, 4) is 0 Å². The average molecular weight is 257 g/mol. The van der Waals surface area contributed by atoms with Crippen molar-refractivity contribution in [3.63, 3.8) is 0 Å². The first-order chi connectivity index (χ1) is 7.82. The van der Waals surface area contributed by atoms with Crippen LogP contribution >= 0.6 is 0 Å². The van der Waals surface area contributed by atoms with E-state index in [4.69, 9.17) is 0 Å². The zero-order valence-electron chi connectivity index (χ0n) is 11.6. The highest BCUT2D eigenvalue weighted by Gasteiger charge is 2.18. The number of nitrogens with zero attached hydrogens (tertiary/aromatic N) is 2. The molecule has 0 saturated carbocycles. The van der Waals surface area contributed by atoms with E-state index in [1.165, 1.54) is 11.3 Å². The molecule has 0 aliphatic rings. The maximum atomic E-state index is 11.2. The number of aromatic nitrogens is 2. The van der Waals surface area contributed by atoms with Crippen molar-refractivity contribution < 1.29 is 4.21 Å². The van der Waals surface area contributed by atoms with Gasteiger partial charge in [-0.2, -0.15) is 5.10 Å². The monoisotopic (exact) mass is 257 g/mol. The lowest BCUT2D eigenvalue weighted by Crippen LogP contribution is -2.33. The van der Waals surface area contributed by atoms with Gasteiger partial charge in [0.1, 0.15) is 0 Å². The molecule has 1 aromatic rings. The molecule has 0 bridgehead atoms. The summed E-state index contributed by atoms with van der Waals surface area (Å²) in [6, 6.07) is 0.483. The number of hydrogen-bond acceptors (Lipinski definition) is 3. The summed E-state index contributed by atoms with van der Waals surface area (Å²) >= 11 is 0. The van der Waals surface area contributed by atoms with Gasteiger partial charge in [-0.3, -0.25) is 8.89 Å². The maximum absolute atomic E-state index is 11.2. The van der Waals surface area contributed by atoms with Crippen LogP contribution in [0.4, 0.5) is 0 Å². The van der Waals surface area contributed by atoms with Gasteiger partial charge in [0.15, 0.2) is 0 Å². The van der Waals surface area contributed by atoms with Gasteiger partial charge >= 0.3 is 0 Å². The minimum absolute atomic E-state index is 0.238. The fraction of sp³-hybridized carbons (Fsp3) is 0.750. The van der Waals surface area contributed by atoms with Crippen molar-refractivity contribution in [2.24, 2.45) is 7.05 Å². The average Bonchev–Trinajstić information content (AvgIpc) is 2.39. The highest BCUT2D eigenvalue weighted by Crippen LogP contribution is 2.20. The molecular weight excluding hydrogens is 234 g/mol. The summed E-state index contributed by atoms with van der Waals surface area (Å²) in [7, 11) is 1.20. The Balaban J connectivity index is 2.76. The van der Waals surface area contributed by atoms with Crippen LogP contribution in [0.3, 0.4) is 0 Å². The van der Waals surface area contributed by atoms with Crippen LogP contribution in [0.1, 0.15) is 36.8 Å². The van der Waals surface area contributed by atoms with E-state index in [0.717, 1.165) is 5.69 Å². The van der Waals surface area contributed by atoms with Gasteiger partial charge in [0.05, 0.1) is 5.69 Å². The van der Waals surface area contributed by atoms with E-state index in [0.29, 0.717) is 5.75 Å². The van der Waals surface area contributed by atoms with Crippen LogP contribution in [0.15, 0.2) is 0 Å². The van der Waals surface area contributed by atoms with Gasteiger partial charge in [-0.15, -0.1) is 0 Å². The summed E-state index contributed by atoms with van der Waals surface area (Å²) in [6.07, 6.45) is 1.74. The lowest BCUT2D eigenvalue weighted by atomic mass is 10.1. The lowest BCUT2D eigenvalue weighted by Gasteiger charge is -2.20. The topological polar surface area (TPSA) is 46.9 Å². The first-order valence-electron chi connectivity index (χ1n) is 5.89. The minimum Gasteiger partial charge on any atom is -0.307 e. The Kier molecular flexibility index (Phi) is 4.89. The standard InChI is InChI=1S/C12H23N3OS/c1-8(7-17(6)16)13-9(2)12-10(3)14-15(5)11(12)4/h8-9,13H,7H2,1-6H3. The molecule has 0 amide bonds. The van der Waals surface area contributed by atoms with Crippen molar-refractivity contribution in [1.29, 1.82) is 0 Å². The van der Waals surface area contributed by atoms with Crippen molar-refractivity contribution in [1.82, 2.24) is 15.1 Å². The van der Waals surface area contributed by atoms with E-state index in [9.17, 15) is 4.21 Å². The molecule has 0 spiro atoms. The molecule has 0 aliphatic heterocycles. The Morgan fingerprint density at radius 3 is 2.41 bits per heavy atom. The third kappa shape index (κ3) is 3.64. The van der Waals surface area contributed by atoms with Crippen LogP contribution in [0.2, 0.25) is 0 Å². The largest absolute Gasteiger partial charge is 0.307 e. The molecular formula is C12H23N3OS. The molecule has 1 N–H and O–H groups in total. The third-order valence-electron chi connectivity index (χ3n) is 3.02. The number of nitrogens with one attached hydrogen (secondary N) is 1. The third-order valence-corrected chi connectivity index (χ3v) is 3.99. The van der Waals surface area contributed by atoms with E-state index in [2.05, 4.69) is 31.2 Å². The van der Waals surface area contributed by atoms with E-state index in [1.54, 1.807) is 6.26 Å². The van der Waals surface area contributed by atoms with Crippen LogP contribution < -0.4 is 5.32 Å². The van der Waals surface area contributed by atoms with E-state index >= 15 is 0 Å². The number of aryl methyl sites for hydroxylation is 2. The Hall–Kier alpha value is -0.680. The Bertz CT molecular complexity index is 414. The molecule has 0 aromatic carbocycles. The van der Waals surface area contributed by atoms with E-state index in [1.807, 2.05) is 18.7 Å². The molecule has 1 aromatic heterocycles. The molecule has 4 nitrogen and oxygen atoms in total. The molecule has 0 radical (unpaired) electrons. The summed E-state index contributed by atoms with van der Waals surface area (Å²) in [5.74, 6) is 0.683. The van der Waals surface area contributed by atoms with Gasteiger partial charge in [-0.1, -0.05) is 0 Å². The van der Waals surface area contributed by atoms with E-state index < -0.39 is 10.8 Å². The fourth-order valence-electron chi connectivity index (χ4n) is 2.33. The molecule has 1 heterocycles. The van der Waals surface area contributed by atoms with Crippen molar-refractivity contribution in [2.75, 3.05) is 12.0 Å². The Morgan fingerprint density at radius 1 is 1.41 bits per heavy atom. The second-order valence-electron chi connectivity index (χ2n) is 4.74. The molecule has 0 aliphatic carbocycles. The van der Waals surface area contributed by atoms with Crippen molar-refractivity contribution >= 4 is 10.8 Å². The van der Waals surface area contributed by atoms with Crippen LogP contribution in [0.5, 0.6) is 0 Å². The summed E-state index contributed by atoms with van der Waals surface area (Å²) < 4.78 is 13.1. The van der Waals surface area contributed by atoms with Gasteiger partial charge in [0, 0.05) is 53.2 Å². The molecule has 0 saturated heterocycles. The van der Waals surface area contributed by atoms with Crippen LogP contribution in [0, 0.1) is 13.8 Å². The molecule has 98 valence electrons. The maximum Gasteiger partial charge on any atom is 0.0644 e. The first-order valence-corrected chi connectivity index (χ1v) is 7.61. The Labute approximate surface area is 106 Å². The molecule has 17 heavy (non-hydrogen) atoms. The second-order valence-corrected chi connectivity index (χ2v) is 6.22. The second kappa shape index (κ2) is 5.78. The van der Waals surface area contributed by atoms with Crippen molar-refractivity contribution in [2.45, 2.75) is 39.8 Å². The van der Waals surface area contributed by atoms with E-state index in [-0.39, 0.29) is 12.1 Å². The van der Waals surface area contributed by atoms with Crippen molar-refractivity contribution in [3.05, 3.63) is 17.0 Å². The highest BCUT2D eigenvalue weighted by atomic mass is 32.2. The summed E-state index contributed by atoms with van der Waals surface area (Å²) in [6.45, 7) is 8.31. The summed E-state index contributed by atoms with van der Waals surface area (Å²) in [5, 5.41) is 7.89.